The Balaban J connectivity index is 0.000000249. The smallest absolute Gasteiger partial charge is 0.161 e. The zero-order valence-corrected chi connectivity index (χ0v) is 10.9. The number of hydrogen-bond donors (Lipinski definition) is 0. The molecule has 2 aromatic carbocycles. The van der Waals surface area contributed by atoms with Crippen LogP contribution in [-0.4, -0.2) is 4.18 Å². The second-order valence-corrected chi connectivity index (χ2v) is 4.38. The Hall–Kier alpha value is -1.04. The number of halogens is 4. The van der Waals surface area contributed by atoms with Crippen molar-refractivity contribution < 1.29 is 13.2 Å². The Morgan fingerprint density at radius 1 is 0.647 bits per heavy atom. The fourth-order valence-corrected chi connectivity index (χ4v) is 1.26. The monoisotopic (exact) mass is 350 g/mol. The fourth-order valence-electron chi connectivity index (χ4n) is 1.26. The molecule has 0 amide bonds. The van der Waals surface area contributed by atoms with Gasteiger partial charge in [0.2, 0.25) is 0 Å². The number of rotatable bonds is 1. The van der Waals surface area contributed by atoms with Crippen LogP contribution >= 0.6 is 22.6 Å². The molecular weight excluding hydrogens is 340 g/mol. The molecule has 0 atom stereocenters. The highest BCUT2D eigenvalue weighted by molar-refractivity contribution is 14.1. The van der Waals surface area contributed by atoms with Crippen LogP contribution in [0.1, 0.15) is 0 Å². The second-order valence-electron chi connectivity index (χ2n) is 3.16. The highest BCUT2D eigenvalue weighted by Gasteiger charge is 2.19. The predicted molar refractivity (Wildman–Crippen MR) is 72.0 cm³/mol. The van der Waals surface area contributed by atoms with Crippen molar-refractivity contribution in [1.82, 2.24) is 0 Å². The summed E-state index contributed by atoms with van der Waals surface area (Å²) in [5.41, 5.74) is 2.55. The maximum absolute atomic E-state index is 10.3. The summed E-state index contributed by atoms with van der Waals surface area (Å²) < 4.78 is 27.0. The molecule has 0 fully saturated rings. The summed E-state index contributed by atoms with van der Waals surface area (Å²) in [4.78, 5) is 0. The van der Waals surface area contributed by atoms with Crippen LogP contribution in [-0.2, 0) is 0 Å². The molecule has 0 heterocycles. The minimum atomic E-state index is -4.03. The van der Waals surface area contributed by atoms with Crippen LogP contribution in [0, 0.1) is 0 Å². The van der Waals surface area contributed by atoms with Crippen molar-refractivity contribution in [3.8, 4) is 11.1 Å². The molecule has 0 unspecified atom stereocenters. The average molecular weight is 350 g/mol. The predicted octanol–water partition coefficient (Wildman–Crippen LogP) is 5.29. The molecule has 0 saturated carbocycles. The maximum atomic E-state index is 10.3. The summed E-state index contributed by atoms with van der Waals surface area (Å²) in [6.07, 6.45) is 0. The van der Waals surface area contributed by atoms with Crippen molar-refractivity contribution >= 4 is 22.6 Å². The first-order valence-electron chi connectivity index (χ1n) is 4.83. The largest absolute Gasteiger partial charge is 0.441 e. The lowest BCUT2D eigenvalue weighted by atomic mass is 10.1. The van der Waals surface area contributed by atoms with Crippen molar-refractivity contribution in [2.24, 2.45) is 0 Å². The molecule has 0 aliphatic heterocycles. The molecule has 2 rings (SSSR count). The van der Waals surface area contributed by atoms with E-state index in [1.165, 1.54) is 11.1 Å². The van der Waals surface area contributed by atoms with Gasteiger partial charge in [0, 0.05) is 22.6 Å². The third kappa shape index (κ3) is 6.99. The summed E-state index contributed by atoms with van der Waals surface area (Å²) in [7, 11) is 0. The van der Waals surface area contributed by atoms with E-state index in [-0.39, 0.29) is 0 Å². The molecule has 2 aromatic rings. The van der Waals surface area contributed by atoms with E-state index in [1.54, 1.807) is 0 Å². The Bertz CT molecular complexity index is 380. The van der Waals surface area contributed by atoms with Crippen LogP contribution in [0.2, 0.25) is 0 Å². The summed E-state index contributed by atoms with van der Waals surface area (Å²) in [6, 6.07) is 20.8. The molecule has 0 bridgehead atoms. The van der Waals surface area contributed by atoms with E-state index < -0.39 is 4.18 Å². The van der Waals surface area contributed by atoms with Crippen LogP contribution in [0.25, 0.3) is 11.1 Å². The first-order valence-corrected chi connectivity index (χ1v) is 5.91. The van der Waals surface area contributed by atoms with Crippen LogP contribution in [0.3, 0.4) is 0 Å². The Labute approximate surface area is 112 Å². The van der Waals surface area contributed by atoms with E-state index in [2.05, 4.69) is 48.5 Å². The van der Waals surface area contributed by atoms with Gasteiger partial charge < -0.3 is 0 Å². The lowest BCUT2D eigenvalue weighted by Gasteiger charge is -1.98. The van der Waals surface area contributed by atoms with Crippen LogP contribution in [0.15, 0.2) is 60.7 Å². The van der Waals surface area contributed by atoms with Gasteiger partial charge in [-0.2, -0.15) is 13.2 Å². The number of hydrogen-bond acceptors (Lipinski definition) is 0. The van der Waals surface area contributed by atoms with Gasteiger partial charge in [0.15, 0.2) is 0 Å². The summed E-state index contributed by atoms with van der Waals surface area (Å²) in [5, 5.41) is 0. The molecule has 0 aliphatic rings. The molecule has 0 radical (unpaired) electrons. The Morgan fingerprint density at radius 3 is 1.12 bits per heavy atom. The average Bonchev–Trinajstić information content (AvgIpc) is 2.29. The van der Waals surface area contributed by atoms with Crippen molar-refractivity contribution in [2.75, 3.05) is 0 Å². The van der Waals surface area contributed by atoms with E-state index in [0.29, 0.717) is 22.6 Å². The molecule has 0 spiro atoms. The van der Waals surface area contributed by atoms with Gasteiger partial charge in [0.05, 0.1) is 0 Å². The first-order chi connectivity index (χ1) is 7.97. The van der Waals surface area contributed by atoms with Gasteiger partial charge in [-0.05, 0) is 11.1 Å². The molecule has 0 nitrogen and oxygen atoms in total. The van der Waals surface area contributed by atoms with E-state index in [4.69, 9.17) is 0 Å². The SMILES string of the molecule is FC(F)(F)I.c1ccc(-c2ccccc2)cc1. The molecule has 0 saturated heterocycles. The van der Waals surface area contributed by atoms with Crippen molar-refractivity contribution in [3.63, 3.8) is 0 Å². The summed E-state index contributed by atoms with van der Waals surface area (Å²) >= 11 is 0.378. The zero-order valence-electron chi connectivity index (χ0n) is 8.79. The van der Waals surface area contributed by atoms with E-state index in [9.17, 15) is 13.2 Å². The van der Waals surface area contributed by atoms with Gasteiger partial charge in [-0.15, -0.1) is 0 Å². The topological polar surface area (TPSA) is 0 Å². The Morgan fingerprint density at radius 2 is 0.882 bits per heavy atom. The quantitative estimate of drug-likeness (QED) is 0.484. The van der Waals surface area contributed by atoms with E-state index in [1.807, 2.05) is 12.1 Å². The highest BCUT2D eigenvalue weighted by Crippen LogP contribution is 2.22. The van der Waals surface area contributed by atoms with Crippen molar-refractivity contribution in [2.45, 2.75) is 4.18 Å². The summed E-state index contributed by atoms with van der Waals surface area (Å²) in [5.74, 6) is 0. The molecule has 0 aliphatic carbocycles. The number of alkyl halides is 4. The van der Waals surface area contributed by atoms with E-state index >= 15 is 0 Å². The maximum Gasteiger partial charge on any atom is 0.441 e. The normalized spacial score (nSPS) is 10.4. The second kappa shape index (κ2) is 6.64. The number of benzene rings is 2. The van der Waals surface area contributed by atoms with Gasteiger partial charge in [-0.1, -0.05) is 60.7 Å². The first kappa shape index (κ1) is 14.0. The third-order valence-corrected chi connectivity index (χ3v) is 1.88. The fraction of sp³-hybridized carbons (Fsp3) is 0.0769. The minimum absolute atomic E-state index is 0.378. The molecule has 0 aromatic heterocycles. The van der Waals surface area contributed by atoms with Gasteiger partial charge >= 0.3 is 4.18 Å². The van der Waals surface area contributed by atoms with Crippen LogP contribution < -0.4 is 0 Å². The molecule has 0 N–H and O–H groups in total. The lowest BCUT2D eigenvalue weighted by Crippen LogP contribution is -1.87. The molecule has 90 valence electrons. The third-order valence-electron chi connectivity index (χ3n) is 1.88. The highest BCUT2D eigenvalue weighted by atomic mass is 127. The van der Waals surface area contributed by atoms with Gasteiger partial charge in [-0.3, -0.25) is 0 Å². The Kier molecular flexibility index (Phi) is 5.47. The van der Waals surface area contributed by atoms with Gasteiger partial charge in [-0.25, -0.2) is 0 Å². The van der Waals surface area contributed by atoms with E-state index in [0.717, 1.165) is 0 Å². The standard InChI is InChI=1S/C12H10.CF3I/c1-3-7-11(8-4-1)12-9-5-2-6-10-12;2-1(3,4)5/h1-10H;. The minimum Gasteiger partial charge on any atom is -0.161 e. The van der Waals surface area contributed by atoms with Crippen LogP contribution in [0.4, 0.5) is 13.2 Å². The summed E-state index contributed by atoms with van der Waals surface area (Å²) in [6.45, 7) is 0. The van der Waals surface area contributed by atoms with Crippen molar-refractivity contribution in [1.29, 1.82) is 0 Å². The van der Waals surface area contributed by atoms with Gasteiger partial charge in [0.25, 0.3) is 0 Å². The van der Waals surface area contributed by atoms with Crippen LogP contribution in [0.5, 0.6) is 0 Å². The lowest BCUT2D eigenvalue weighted by molar-refractivity contribution is -0.0125. The van der Waals surface area contributed by atoms with Gasteiger partial charge in [0.1, 0.15) is 0 Å². The molecular formula is C13H10F3I. The van der Waals surface area contributed by atoms with Crippen molar-refractivity contribution in [3.05, 3.63) is 60.7 Å². The zero-order chi connectivity index (χ0) is 12.7. The molecule has 17 heavy (non-hydrogen) atoms. The molecule has 4 heteroatoms.